The van der Waals surface area contributed by atoms with Crippen molar-refractivity contribution in [3.8, 4) is 0 Å². The van der Waals surface area contributed by atoms with E-state index in [1.807, 2.05) is 19.1 Å². The molecular weight excluding hydrogens is 298 g/mol. The summed E-state index contributed by atoms with van der Waals surface area (Å²) in [5.41, 5.74) is 1.13. The van der Waals surface area contributed by atoms with Crippen molar-refractivity contribution in [1.29, 1.82) is 0 Å². The van der Waals surface area contributed by atoms with E-state index in [0.29, 0.717) is 12.1 Å². The molecule has 0 saturated heterocycles. The first-order chi connectivity index (χ1) is 11.0. The van der Waals surface area contributed by atoms with E-state index in [2.05, 4.69) is 10.6 Å². The lowest BCUT2D eigenvalue weighted by Crippen LogP contribution is -2.29. The molecule has 0 aliphatic carbocycles. The SMILES string of the molecule is CCc1ccccc1NC(=O)C(=O)Nc1ccccc1[N+](=O)[O-]. The van der Waals surface area contributed by atoms with E-state index in [0.717, 1.165) is 5.56 Å². The summed E-state index contributed by atoms with van der Waals surface area (Å²) in [6.45, 7) is 1.93. The molecule has 0 aromatic heterocycles. The number of nitrogens with one attached hydrogen (secondary N) is 2. The molecule has 2 N–H and O–H groups in total. The number of carbonyl (C=O) groups excluding carboxylic acids is 2. The molecule has 0 fully saturated rings. The number of hydrogen-bond acceptors (Lipinski definition) is 4. The highest BCUT2D eigenvalue weighted by Crippen LogP contribution is 2.23. The molecule has 0 aliphatic rings. The standard InChI is InChI=1S/C16H15N3O4/c1-2-11-7-3-4-8-12(11)17-15(20)16(21)18-13-9-5-6-10-14(13)19(22)23/h3-10H,2H2,1H3,(H,17,20)(H,18,21). The van der Waals surface area contributed by atoms with Gasteiger partial charge in [-0.2, -0.15) is 0 Å². The molecule has 0 bridgehead atoms. The second kappa shape index (κ2) is 7.17. The van der Waals surface area contributed by atoms with E-state index in [1.165, 1.54) is 24.3 Å². The van der Waals surface area contributed by atoms with Crippen LogP contribution in [0.3, 0.4) is 0 Å². The predicted molar refractivity (Wildman–Crippen MR) is 86.2 cm³/mol. The summed E-state index contributed by atoms with van der Waals surface area (Å²) in [4.78, 5) is 34.2. The van der Waals surface area contributed by atoms with E-state index in [1.54, 1.807) is 12.1 Å². The summed E-state index contributed by atoms with van der Waals surface area (Å²) in [6, 6.07) is 12.7. The fourth-order valence-corrected chi connectivity index (χ4v) is 2.05. The minimum absolute atomic E-state index is 0.0265. The molecule has 2 amide bonds. The minimum atomic E-state index is -0.967. The third-order valence-electron chi connectivity index (χ3n) is 3.20. The third-order valence-corrected chi connectivity index (χ3v) is 3.20. The van der Waals surface area contributed by atoms with Crippen LogP contribution in [0.1, 0.15) is 12.5 Å². The zero-order chi connectivity index (χ0) is 16.8. The highest BCUT2D eigenvalue weighted by atomic mass is 16.6. The molecule has 0 saturated carbocycles. The van der Waals surface area contributed by atoms with Gasteiger partial charge in [0, 0.05) is 11.8 Å². The maximum absolute atomic E-state index is 12.0. The molecule has 2 aromatic carbocycles. The Morgan fingerprint density at radius 1 is 0.957 bits per heavy atom. The number of nitrogens with zero attached hydrogens (tertiary/aromatic N) is 1. The Bertz CT molecular complexity index is 758. The number of aryl methyl sites for hydroxylation is 1. The quantitative estimate of drug-likeness (QED) is 0.515. The zero-order valence-electron chi connectivity index (χ0n) is 12.4. The Hall–Kier alpha value is -3.22. The van der Waals surface area contributed by atoms with Gasteiger partial charge in [-0.05, 0) is 24.1 Å². The number of hydrogen-bond donors (Lipinski definition) is 2. The minimum Gasteiger partial charge on any atom is -0.318 e. The Morgan fingerprint density at radius 3 is 2.09 bits per heavy atom. The van der Waals surface area contributed by atoms with Crippen LogP contribution >= 0.6 is 0 Å². The summed E-state index contributed by atoms with van der Waals surface area (Å²) in [5, 5.41) is 15.7. The highest BCUT2D eigenvalue weighted by Gasteiger charge is 2.20. The van der Waals surface area contributed by atoms with Gasteiger partial charge in [0.15, 0.2) is 0 Å². The van der Waals surface area contributed by atoms with Crippen molar-refractivity contribution in [3.05, 3.63) is 64.2 Å². The summed E-state index contributed by atoms with van der Waals surface area (Å²) in [5.74, 6) is -1.85. The van der Waals surface area contributed by atoms with Gasteiger partial charge in [-0.3, -0.25) is 19.7 Å². The third kappa shape index (κ3) is 3.91. The van der Waals surface area contributed by atoms with Crippen molar-refractivity contribution in [2.24, 2.45) is 0 Å². The normalized spacial score (nSPS) is 9.96. The lowest BCUT2D eigenvalue weighted by Gasteiger charge is -2.10. The molecule has 7 heteroatoms. The van der Waals surface area contributed by atoms with E-state index < -0.39 is 16.7 Å². The molecule has 0 aliphatic heterocycles. The van der Waals surface area contributed by atoms with Crippen LogP contribution in [0.4, 0.5) is 17.1 Å². The van der Waals surface area contributed by atoms with Crippen LogP contribution in [0.5, 0.6) is 0 Å². The van der Waals surface area contributed by atoms with Gasteiger partial charge in [-0.15, -0.1) is 0 Å². The molecule has 23 heavy (non-hydrogen) atoms. The number of para-hydroxylation sites is 3. The van der Waals surface area contributed by atoms with Crippen molar-refractivity contribution in [2.45, 2.75) is 13.3 Å². The maximum atomic E-state index is 12.0. The lowest BCUT2D eigenvalue weighted by atomic mass is 10.1. The van der Waals surface area contributed by atoms with E-state index >= 15 is 0 Å². The first-order valence-corrected chi connectivity index (χ1v) is 6.96. The number of anilines is 2. The molecule has 0 spiro atoms. The molecular formula is C16H15N3O4. The predicted octanol–water partition coefficient (Wildman–Crippen LogP) is 2.73. The average Bonchev–Trinajstić information content (AvgIpc) is 2.55. The summed E-state index contributed by atoms with van der Waals surface area (Å²) in [6.07, 6.45) is 0.697. The highest BCUT2D eigenvalue weighted by molar-refractivity contribution is 6.43. The molecule has 118 valence electrons. The van der Waals surface area contributed by atoms with Crippen LogP contribution in [-0.2, 0) is 16.0 Å². The molecule has 7 nitrogen and oxygen atoms in total. The number of nitro benzene ring substituents is 1. The van der Waals surface area contributed by atoms with E-state index in [9.17, 15) is 19.7 Å². The van der Waals surface area contributed by atoms with Gasteiger partial charge >= 0.3 is 11.8 Å². The Balaban J connectivity index is 2.12. The van der Waals surface area contributed by atoms with Crippen LogP contribution in [0, 0.1) is 10.1 Å². The Kier molecular flexibility index (Phi) is 5.03. The first-order valence-electron chi connectivity index (χ1n) is 6.96. The van der Waals surface area contributed by atoms with Gasteiger partial charge in [0.1, 0.15) is 5.69 Å². The van der Waals surface area contributed by atoms with Crippen molar-refractivity contribution in [3.63, 3.8) is 0 Å². The van der Waals surface area contributed by atoms with Gasteiger partial charge in [-0.1, -0.05) is 37.3 Å². The monoisotopic (exact) mass is 313 g/mol. The molecule has 2 aromatic rings. The number of rotatable bonds is 4. The van der Waals surface area contributed by atoms with Gasteiger partial charge in [0.25, 0.3) is 5.69 Å². The fraction of sp³-hybridized carbons (Fsp3) is 0.125. The molecule has 0 atom stereocenters. The lowest BCUT2D eigenvalue weighted by molar-refractivity contribution is -0.383. The second-order valence-corrected chi connectivity index (χ2v) is 4.69. The molecule has 0 heterocycles. The van der Waals surface area contributed by atoms with Crippen molar-refractivity contribution in [1.82, 2.24) is 0 Å². The number of amides is 2. The number of carbonyl (C=O) groups is 2. The van der Waals surface area contributed by atoms with Gasteiger partial charge in [0.05, 0.1) is 4.92 Å². The molecule has 2 rings (SSSR count). The summed E-state index contributed by atoms with van der Waals surface area (Å²) >= 11 is 0. The van der Waals surface area contributed by atoms with Gasteiger partial charge < -0.3 is 10.6 Å². The molecule has 0 unspecified atom stereocenters. The van der Waals surface area contributed by atoms with Crippen LogP contribution < -0.4 is 10.6 Å². The zero-order valence-corrected chi connectivity index (χ0v) is 12.4. The summed E-state index contributed by atoms with van der Waals surface area (Å²) < 4.78 is 0. The maximum Gasteiger partial charge on any atom is 0.314 e. The molecule has 0 radical (unpaired) electrons. The van der Waals surface area contributed by atoms with Crippen molar-refractivity contribution in [2.75, 3.05) is 10.6 Å². The van der Waals surface area contributed by atoms with Crippen LogP contribution in [0.25, 0.3) is 0 Å². The van der Waals surface area contributed by atoms with Crippen molar-refractivity contribution >= 4 is 28.9 Å². The van der Waals surface area contributed by atoms with Crippen LogP contribution in [0.15, 0.2) is 48.5 Å². The fourth-order valence-electron chi connectivity index (χ4n) is 2.05. The van der Waals surface area contributed by atoms with Crippen molar-refractivity contribution < 1.29 is 14.5 Å². The Morgan fingerprint density at radius 2 is 1.48 bits per heavy atom. The largest absolute Gasteiger partial charge is 0.318 e. The summed E-state index contributed by atoms with van der Waals surface area (Å²) in [7, 11) is 0. The van der Waals surface area contributed by atoms with Gasteiger partial charge in [-0.25, -0.2) is 0 Å². The van der Waals surface area contributed by atoms with Gasteiger partial charge in [0.2, 0.25) is 0 Å². The topological polar surface area (TPSA) is 101 Å². The van der Waals surface area contributed by atoms with E-state index in [4.69, 9.17) is 0 Å². The smallest absolute Gasteiger partial charge is 0.314 e. The van der Waals surface area contributed by atoms with Crippen LogP contribution in [-0.4, -0.2) is 16.7 Å². The Labute approximate surface area is 132 Å². The van der Waals surface area contributed by atoms with E-state index in [-0.39, 0.29) is 11.4 Å². The number of nitro groups is 1. The van der Waals surface area contributed by atoms with Crippen LogP contribution in [0.2, 0.25) is 0 Å². The second-order valence-electron chi connectivity index (χ2n) is 4.69. The first kappa shape index (κ1) is 16.2. The number of benzene rings is 2. The average molecular weight is 313 g/mol.